The molecule has 0 aliphatic heterocycles. The number of rotatable bonds is 5. The maximum atomic E-state index is 12.2. The Kier molecular flexibility index (Phi) is 5.38. The molecule has 1 aromatic carbocycles. The smallest absolute Gasteiger partial charge is 0.313 e. The van der Waals surface area contributed by atoms with Crippen LogP contribution in [-0.4, -0.2) is 25.5 Å². The van der Waals surface area contributed by atoms with Crippen molar-refractivity contribution >= 4 is 28.8 Å². The highest BCUT2D eigenvalue weighted by atomic mass is 32.1. The Bertz CT molecular complexity index is 737. The third-order valence-corrected chi connectivity index (χ3v) is 5.84. The number of carbonyl (C=O) groups excluding carboxylic acids is 2. The first-order chi connectivity index (χ1) is 12.1. The van der Waals surface area contributed by atoms with Gasteiger partial charge in [0.1, 0.15) is 5.75 Å². The summed E-state index contributed by atoms with van der Waals surface area (Å²) in [5.74, 6) is -0.640. The van der Waals surface area contributed by atoms with Gasteiger partial charge in [0.25, 0.3) is 0 Å². The van der Waals surface area contributed by atoms with E-state index in [9.17, 15) is 9.59 Å². The summed E-state index contributed by atoms with van der Waals surface area (Å²) in [5.41, 5.74) is 0.508. The number of nitrogens with one attached hydrogen (secondary N) is 2. The van der Waals surface area contributed by atoms with E-state index in [-0.39, 0.29) is 5.41 Å². The number of hydrogen-bond acceptors (Lipinski definition) is 4. The number of ether oxygens (including phenoxy) is 1. The van der Waals surface area contributed by atoms with Gasteiger partial charge in [-0.2, -0.15) is 0 Å². The van der Waals surface area contributed by atoms with Crippen LogP contribution in [-0.2, 0) is 15.0 Å². The molecular weight excluding hydrogens is 336 g/mol. The zero-order valence-corrected chi connectivity index (χ0v) is 15.0. The van der Waals surface area contributed by atoms with Gasteiger partial charge in [-0.15, -0.1) is 11.3 Å². The van der Waals surface area contributed by atoms with Crippen molar-refractivity contribution in [2.24, 2.45) is 0 Å². The molecule has 0 saturated heterocycles. The zero-order valence-electron chi connectivity index (χ0n) is 14.2. The second-order valence-corrected chi connectivity index (χ2v) is 7.28. The van der Waals surface area contributed by atoms with Gasteiger partial charge >= 0.3 is 11.8 Å². The normalized spacial score (nSPS) is 15.6. The van der Waals surface area contributed by atoms with Gasteiger partial charge in [-0.25, -0.2) is 0 Å². The third-order valence-electron chi connectivity index (χ3n) is 4.73. The molecule has 2 N–H and O–H groups in total. The first kappa shape index (κ1) is 17.5. The number of methoxy groups -OCH3 is 1. The van der Waals surface area contributed by atoms with E-state index < -0.39 is 11.8 Å². The Morgan fingerprint density at radius 3 is 2.64 bits per heavy atom. The minimum absolute atomic E-state index is 0.0277. The number of hydrogen-bond donors (Lipinski definition) is 2. The molecule has 0 radical (unpaired) electrons. The number of amides is 2. The molecule has 1 aliphatic carbocycles. The van der Waals surface area contributed by atoms with Crippen molar-refractivity contribution in [1.82, 2.24) is 5.32 Å². The zero-order chi connectivity index (χ0) is 17.7. The van der Waals surface area contributed by atoms with E-state index >= 15 is 0 Å². The molecule has 1 fully saturated rings. The number of thiophene rings is 1. The molecule has 1 aliphatic rings. The van der Waals surface area contributed by atoms with Crippen molar-refractivity contribution in [2.45, 2.75) is 31.1 Å². The highest BCUT2D eigenvalue weighted by Gasteiger charge is 2.37. The summed E-state index contributed by atoms with van der Waals surface area (Å²) in [4.78, 5) is 25.7. The highest BCUT2D eigenvalue weighted by Crippen LogP contribution is 2.42. The first-order valence-corrected chi connectivity index (χ1v) is 9.28. The van der Waals surface area contributed by atoms with Crippen molar-refractivity contribution in [2.75, 3.05) is 19.0 Å². The van der Waals surface area contributed by atoms with Gasteiger partial charge in [-0.05, 0) is 36.4 Å². The molecule has 132 valence electrons. The van der Waals surface area contributed by atoms with E-state index in [2.05, 4.69) is 22.1 Å². The molecular formula is C19H22N2O3S. The molecule has 2 amide bonds. The number of benzene rings is 1. The van der Waals surface area contributed by atoms with Crippen molar-refractivity contribution in [3.05, 3.63) is 46.7 Å². The van der Waals surface area contributed by atoms with Crippen LogP contribution in [0.2, 0.25) is 0 Å². The fourth-order valence-corrected chi connectivity index (χ4v) is 4.35. The first-order valence-electron chi connectivity index (χ1n) is 8.40. The molecule has 1 saturated carbocycles. The predicted molar refractivity (Wildman–Crippen MR) is 99.1 cm³/mol. The molecule has 3 rings (SSSR count). The Morgan fingerprint density at radius 2 is 1.96 bits per heavy atom. The van der Waals surface area contributed by atoms with Crippen LogP contribution in [0.3, 0.4) is 0 Å². The Labute approximate surface area is 151 Å². The maximum Gasteiger partial charge on any atom is 0.313 e. The summed E-state index contributed by atoms with van der Waals surface area (Å²) in [6, 6.07) is 11.1. The van der Waals surface area contributed by atoms with Gasteiger partial charge in [0.15, 0.2) is 0 Å². The summed E-state index contributed by atoms with van der Waals surface area (Å²) in [5, 5.41) is 7.50. The number of carbonyl (C=O) groups is 2. The molecule has 0 spiro atoms. The van der Waals surface area contributed by atoms with Gasteiger partial charge in [0, 0.05) is 28.6 Å². The van der Waals surface area contributed by atoms with Crippen LogP contribution >= 0.6 is 11.3 Å². The van der Waals surface area contributed by atoms with Crippen LogP contribution in [0.1, 0.15) is 30.6 Å². The summed E-state index contributed by atoms with van der Waals surface area (Å²) in [6.45, 7) is 0.498. The number of anilines is 1. The van der Waals surface area contributed by atoms with Gasteiger partial charge in [-0.1, -0.05) is 25.0 Å². The molecule has 0 bridgehead atoms. The van der Waals surface area contributed by atoms with E-state index in [1.54, 1.807) is 42.7 Å². The van der Waals surface area contributed by atoms with Gasteiger partial charge in [-0.3, -0.25) is 9.59 Å². The van der Waals surface area contributed by atoms with Crippen molar-refractivity contribution < 1.29 is 14.3 Å². The van der Waals surface area contributed by atoms with Gasteiger partial charge in [0.05, 0.1) is 7.11 Å². The second kappa shape index (κ2) is 7.70. The predicted octanol–water partition coefficient (Wildman–Crippen LogP) is 3.32. The third kappa shape index (κ3) is 4.02. The van der Waals surface area contributed by atoms with E-state index in [0.717, 1.165) is 25.7 Å². The summed E-state index contributed by atoms with van der Waals surface area (Å²) in [6.07, 6.45) is 4.41. The minimum atomic E-state index is -0.660. The molecule has 0 unspecified atom stereocenters. The van der Waals surface area contributed by atoms with Crippen LogP contribution in [0, 0.1) is 0 Å². The van der Waals surface area contributed by atoms with Crippen LogP contribution in [0.15, 0.2) is 41.8 Å². The van der Waals surface area contributed by atoms with Crippen LogP contribution in [0.25, 0.3) is 0 Å². The Morgan fingerprint density at radius 1 is 1.16 bits per heavy atom. The quantitative estimate of drug-likeness (QED) is 0.806. The largest absolute Gasteiger partial charge is 0.497 e. The molecule has 25 heavy (non-hydrogen) atoms. The van der Waals surface area contributed by atoms with E-state index in [0.29, 0.717) is 18.0 Å². The lowest BCUT2D eigenvalue weighted by Crippen LogP contribution is -2.43. The average molecular weight is 358 g/mol. The molecule has 0 atom stereocenters. The monoisotopic (exact) mass is 358 g/mol. The highest BCUT2D eigenvalue weighted by molar-refractivity contribution is 7.10. The van der Waals surface area contributed by atoms with Crippen molar-refractivity contribution in [3.63, 3.8) is 0 Å². The Hall–Kier alpha value is -2.34. The van der Waals surface area contributed by atoms with Crippen LogP contribution < -0.4 is 15.4 Å². The lowest BCUT2D eigenvalue weighted by atomic mass is 9.84. The minimum Gasteiger partial charge on any atom is -0.497 e. The lowest BCUT2D eigenvalue weighted by molar-refractivity contribution is -0.136. The van der Waals surface area contributed by atoms with Crippen LogP contribution in [0.4, 0.5) is 5.69 Å². The fourth-order valence-electron chi connectivity index (χ4n) is 3.36. The van der Waals surface area contributed by atoms with Crippen LogP contribution in [0.5, 0.6) is 5.75 Å². The summed E-state index contributed by atoms with van der Waals surface area (Å²) >= 11 is 1.72. The topological polar surface area (TPSA) is 67.4 Å². The molecule has 1 aromatic heterocycles. The van der Waals surface area contributed by atoms with Crippen molar-refractivity contribution in [1.29, 1.82) is 0 Å². The summed E-state index contributed by atoms with van der Waals surface area (Å²) in [7, 11) is 1.55. The summed E-state index contributed by atoms with van der Waals surface area (Å²) < 4.78 is 5.12. The maximum absolute atomic E-state index is 12.2. The fraction of sp³-hybridized carbons (Fsp3) is 0.368. The molecule has 6 heteroatoms. The standard InChI is InChI=1S/C19H22N2O3S/c1-24-15-7-4-6-14(12-15)21-18(23)17(22)20-13-19(9-2-3-10-19)16-8-5-11-25-16/h4-8,11-12H,2-3,9-10,13H2,1H3,(H,20,22)(H,21,23). The molecule has 5 nitrogen and oxygen atoms in total. The second-order valence-electron chi connectivity index (χ2n) is 6.33. The van der Waals surface area contributed by atoms with E-state index in [1.807, 2.05) is 6.07 Å². The lowest BCUT2D eigenvalue weighted by Gasteiger charge is -2.28. The Balaban J connectivity index is 1.60. The molecule has 1 heterocycles. The van der Waals surface area contributed by atoms with Crippen molar-refractivity contribution in [3.8, 4) is 5.75 Å². The average Bonchev–Trinajstić information content (AvgIpc) is 3.32. The van der Waals surface area contributed by atoms with E-state index in [4.69, 9.17) is 4.74 Å². The molecule has 2 aromatic rings. The SMILES string of the molecule is COc1cccc(NC(=O)C(=O)NCC2(c3cccs3)CCCC2)c1. The van der Waals surface area contributed by atoms with Gasteiger partial charge < -0.3 is 15.4 Å². The van der Waals surface area contributed by atoms with E-state index in [1.165, 1.54) is 4.88 Å². The van der Waals surface area contributed by atoms with Gasteiger partial charge in [0.2, 0.25) is 0 Å².